The van der Waals surface area contributed by atoms with E-state index in [-0.39, 0.29) is 5.41 Å². The summed E-state index contributed by atoms with van der Waals surface area (Å²) in [6.45, 7) is 3.38. The third-order valence-electron chi connectivity index (χ3n) is 13.9. The van der Waals surface area contributed by atoms with Crippen molar-refractivity contribution in [1.29, 1.82) is 0 Å². The van der Waals surface area contributed by atoms with Crippen molar-refractivity contribution in [2.75, 3.05) is 51.7 Å². The van der Waals surface area contributed by atoms with Crippen LogP contribution in [0.2, 0.25) is 10.0 Å². The van der Waals surface area contributed by atoms with Crippen LogP contribution in [0.15, 0.2) is 23.5 Å². The molecule has 2 fully saturated rings. The van der Waals surface area contributed by atoms with E-state index in [1.165, 1.54) is 186 Å². The second kappa shape index (κ2) is 30.3. The van der Waals surface area contributed by atoms with Gasteiger partial charge >= 0.3 is 0 Å². The lowest BCUT2D eigenvalue weighted by atomic mass is 9.81. The molecule has 2 aliphatic heterocycles. The molecule has 10 heteroatoms. The number of methoxy groups -OCH3 is 2. The van der Waals surface area contributed by atoms with Gasteiger partial charge < -0.3 is 19.1 Å². The number of hydrogen-bond acceptors (Lipinski definition) is 8. The molecule has 63 heavy (non-hydrogen) atoms. The van der Waals surface area contributed by atoms with Crippen LogP contribution in [0.3, 0.4) is 0 Å². The summed E-state index contributed by atoms with van der Waals surface area (Å²) in [6, 6.07) is 3.74. The third-order valence-corrected chi connectivity index (χ3v) is 15.2. The van der Waals surface area contributed by atoms with Crippen LogP contribution in [0, 0.1) is 5.41 Å². The Balaban J connectivity index is 1.31. The van der Waals surface area contributed by atoms with E-state index in [9.17, 15) is 0 Å². The summed E-state index contributed by atoms with van der Waals surface area (Å²) in [4.78, 5) is 17.8. The maximum absolute atomic E-state index is 7.05. The topological polar surface area (TPSA) is 69.6 Å². The Kier molecular flexibility index (Phi) is 25.0. The monoisotopic (exact) mass is 927 g/mol. The summed E-state index contributed by atoms with van der Waals surface area (Å²) < 4.78 is 17.6. The standard InChI is InChI=1S/C53H84Cl2N4O3S/c1-60-45-39-46(61-2)49(55)47(48(45)54)44-38-43-40-56-52(63-3)58-50(43)51(57-44)59-36-33-31-29-27-25-23-21-19-17-15-13-11-9-7-5-4-6-8-10-12-14-16-18-20-22-24-26-28-30-32-34-53(41-59)35-37-62-42-53/h38-40H,4-37,41-42H2,1-3H3. The molecular weight excluding hydrogens is 844 g/mol. The highest BCUT2D eigenvalue weighted by atomic mass is 35.5. The van der Waals surface area contributed by atoms with Gasteiger partial charge in [-0.25, -0.2) is 15.0 Å². The molecule has 4 heterocycles. The molecule has 0 bridgehead atoms. The molecule has 2 aromatic heterocycles. The number of halogens is 2. The number of benzene rings is 1. The number of thioether (sulfide) groups is 1. The molecule has 7 nitrogen and oxygen atoms in total. The minimum atomic E-state index is 0.0596. The van der Waals surface area contributed by atoms with Gasteiger partial charge in [-0.2, -0.15) is 0 Å². The maximum Gasteiger partial charge on any atom is 0.187 e. The smallest absolute Gasteiger partial charge is 0.187 e. The molecule has 1 unspecified atom stereocenters. The van der Waals surface area contributed by atoms with Gasteiger partial charge in [0, 0.05) is 48.3 Å². The predicted molar refractivity (Wildman–Crippen MR) is 271 cm³/mol. The maximum atomic E-state index is 7.05. The van der Waals surface area contributed by atoms with Crippen LogP contribution in [0.25, 0.3) is 22.2 Å². The van der Waals surface area contributed by atoms with Gasteiger partial charge in [-0.15, -0.1) is 0 Å². The highest BCUT2D eigenvalue weighted by molar-refractivity contribution is 7.98. The fraction of sp³-hybridized carbons (Fsp3) is 0.755. The Morgan fingerprint density at radius 2 is 1.03 bits per heavy atom. The highest BCUT2D eigenvalue weighted by Gasteiger charge is 2.37. The molecule has 2 aliphatic rings. The number of aromatic nitrogens is 3. The SMILES string of the molecule is COc1cc(OC)c(Cl)c(-c2cc3cnc(SC)nc3c(N3CCCCCCCCCCCCCCCCCCCCCCCCCCCCCCCCC4(CCOC4)C3)n2)c1Cl. The van der Waals surface area contributed by atoms with Crippen LogP contribution in [0.5, 0.6) is 11.5 Å². The number of pyridine rings is 1. The van der Waals surface area contributed by atoms with Gasteiger partial charge in [-0.1, -0.05) is 221 Å². The average Bonchev–Trinajstić information content (AvgIpc) is 3.76. The molecule has 1 aromatic carbocycles. The van der Waals surface area contributed by atoms with E-state index >= 15 is 0 Å². The van der Waals surface area contributed by atoms with Crippen LogP contribution < -0.4 is 14.4 Å². The number of rotatable bonds is 5. The van der Waals surface area contributed by atoms with E-state index in [1.54, 1.807) is 32.0 Å². The molecule has 0 aliphatic carbocycles. The molecule has 0 N–H and O–H groups in total. The van der Waals surface area contributed by atoms with Crippen molar-refractivity contribution in [3.05, 3.63) is 28.4 Å². The zero-order valence-corrected chi connectivity index (χ0v) is 42.2. The summed E-state index contributed by atoms with van der Waals surface area (Å²) in [5, 5.41) is 2.44. The molecule has 0 radical (unpaired) electrons. The molecule has 5 rings (SSSR count). The van der Waals surface area contributed by atoms with E-state index in [4.69, 9.17) is 52.4 Å². The fourth-order valence-electron chi connectivity index (χ4n) is 10.0. The third kappa shape index (κ3) is 17.6. The minimum absolute atomic E-state index is 0.0596. The molecule has 0 saturated carbocycles. The van der Waals surface area contributed by atoms with Crippen molar-refractivity contribution in [2.45, 2.75) is 211 Å². The minimum Gasteiger partial charge on any atom is -0.495 e. The van der Waals surface area contributed by atoms with Crippen molar-refractivity contribution in [3.8, 4) is 22.8 Å². The molecule has 1 spiro atoms. The predicted octanol–water partition coefficient (Wildman–Crippen LogP) is 17.1. The Bertz CT molecular complexity index is 1700. The molecule has 1 atom stereocenters. The van der Waals surface area contributed by atoms with Gasteiger partial charge in [-0.05, 0) is 31.6 Å². The summed E-state index contributed by atoms with van der Waals surface area (Å²) in [6.07, 6.45) is 47.6. The average molecular weight is 928 g/mol. The van der Waals surface area contributed by atoms with E-state index < -0.39 is 0 Å². The van der Waals surface area contributed by atoms with E-state index in [0.717, 1.165) is 67.4 Å². The number of fused-ring (bicyclic) bond motifs is 1. The second-order valence-corrected chi connectivity index (χ2v) is 20.5. The molecular formula is C53H84Cl2N4O3S. The first-order valence-corrected chi connectivity index (χ1v) is 27.6. The highest BCUT2D eigenvalue weighted by Crippen LogP contribution is 2.47. The zero-order valence-electron chi connectivity index (χ0n) is 39.9. The Hall–Kier alpha value is -2.00. The van der Waals surface area contributed by atoms with Crippen molar-refractivity contribution in [2.24, 2.45) is 5.41 Å². The van der Waals surface area contributed by atoms with Crippen molar-refractivity contribution in [1.82, 2.24) is 15.0 Å². The Morgan fingerprint density at radius 1 is 0.587 bits per heavy atom. The zero-order chi connectivity index (χ0) is 44.4. The molecule has 0 amide bonds. The Morgan fingerprint density at radius 3 is 1.44 bits per heavy atom. The van der Waals surface area contributed by atoms with E-state index in [2.05, 4.69) is 4.90 Å². The number of ether oxygens (including phenoxy) is 3. The van der Waals surface area contributed by atoms with Crippen LogP contribution >= 0.6 is 35.0 Å². The van der Waals surface area contributed by atoms with Gasteiger partial charge in [0.15, 0.2) is 11.0 Å². The summed E-state index contributed by atoms with van der Waals surface area (Å²) in [5.74, 6) is 1.84. The van der Waals surface area contributed by atoms with Crippen LogP contribution in [0.4, 0.5) is 5.82 Å². The first kappa shape index (κ1) is 52.0. The van der Waals surface area contributed by atoms with Crippen LogP contribution in [-0.2, 0) is 4.74 Å². The van der Waals surface area contributed by atoms with Crippen molar-refractivity contribution < 1.29 is 14.2 Å². The lowest BCUT2D eigenvalue weighted by Gasteiger charge is -2.36. The van der Waals surface area contributed by atoms with Gasteiger partial charge in [0.25, 0.3) is 0 Å². The Labute approximate surface area is 397 Å². The van der Waals surface area contributed by atoms with E-state index in [1.807, 2.05) is 18.5 Å². The van der Waals surface area contributed by atoms with Crippen LogP contribution in [-0.4, -0.2) is 61.7 Å². The molecule has 3 aromatic rings. The second-order valence-electron chi connectivity index (χ2n) is 19.0. The lowest BCUT2D eigenvalue weighted by molar-refractivity contribution is 0.146. The fourth-order valence-corrected chi connectivity index (χ4v) is 11.1. The quantitative estimate of drug-likeness (QED) is 0.185. The first-order chi connectivity index (χ1) is 31.0. The van der Waals surface area contributed by atoms with Gasteiger partial charge in [-0.3, -0.25) is 0 Å². The largest absolute Gasteiger partial charge is 0.495 e. The van der Waals surface area contributed by atoms with Crippen LogP contribution in [0.1, 0.15) is 205 Å². The summed E-state index contributed by atoms with van der Waals surface area (Å²) >= 11 is 15.7. The van der Waals surface area contributed by atoms with E-state index in [0.29, 0.717) is 32.8 Å². The van der Waals surface area contributed by atoms with Crippen molar-refractivity contribution in [3.63, 3.8) is 0 Å². The lowest BCUT2D eigenvalue weighted by Crippen LogP contribution is -2.40. The van der Waals surface area contributed by atoms with Gasteiger partial charge in [0.1, 0.15) is 17.0 Å². The summed E-state index contributed by atoms with van der Waals surface area (Å²) in [7, 11) is 3.21. The summed E-state index contributed by atoms with van der Waals surface area (Å²) in [5.41, 5.74) is 2.16. The molecule has 354 valence electrons. The number of hydrogen-bond donors (Lipinski definition) is 0. The number of anilines is 1. The van der Waals surface area contributed by atoms with Crippen molar-refractivity contribution >= 4 is 51.7 Å². The van der Waals surface area contributed by atoms with Gasteiger partial charge in [0.05, 0.1) is 36.6 Å². The first-order valence-electron chi connectivity index (χ1n) is 25.6. The number of nitrogens with zero attached hydrogens (tertiary/aromatic N) is 4. The van der Waals surface area contributed by atoms with Gasteiger partial charge in [0.2, 0.25) is 0 Å². The normalized spacial score (nSPS) is 22.0. The molecule has 2 saturated heterocycles.